The van der Waals surface area contributed by atoms with Gasteiger partial charge in [-0.05, 0) is 41.4 Å². The first kappa shape index (κ1) is 10.3. The third-order valence-electron chi connectivity index (χ3n) is 1.79. The van der Waals surface area contributed by atoms with Crippen molar-refractivity contribution < 1.29 is 9.21 Å². The average Bonchev–Trinajstić information content (AvgIpc) is 2.51. The van der Waals surface area contributed by atoms with Crippen LogP contribution in [0.2, 0.25) is 0 Å². The topological polar surface area (TPSA) is 42.2 Å². The number of nitrogens with one attached hydrogen (secondary N) is 1. The van der Waals surface area contributed by atoms with Crippen LogP contribution >= 0.6 is 15.9 Å². The van der Waals surface area contributed by atoms with Gasteiger partial charge < -0.3 is 9.73 Å². The molecule has 1 atom stereocenters. The summed E-state index contributed by atoms with van der Waals surface area (Å²) in [5, 5.41) is 2.81. The van der Waals surface area contributed by atoms with Crippen LogP contribution in [0.5, 0.6) is 0 Å². The van der Waals surface area contributed by atoms with Crippen LogP contribution in [0.15, 0.2) is 21.2 Å². The Bertz CT molecular complexity index is 296. The van der Waals surface area contributed by atoms with Crippen molar-refractivity contribution in [3.8, 4) is 0 Å². The fourth-order valence-corrected chi connectivity index (χ4v) is 1.14. The molecule has 3 nitrogen and oxygen atoms in total. The second-order valence-electron chi connectivity index (χ2n) is 2.89. The molecule has 0 saturated carbocycles. The Balaban J connectivity index is 2.58. The minimum absolute atomic E-state index is 0.167. The molecule has 0 aliphatic heterocycles. The van der Waals surface area contributed by atoms with E-state index >= 15 is 0 Å². The van der Waals surface area contributed by atoms with Crippen molar-refractivity contribution in [2.75, 3.05) is 0 Å². The van der Waals surface area contributed by atoms with Gasteiger partial charge >= 0.3 is 0 Å². The third kappa shape index (κ3) is 2.88. The number of halogens is 1. The highest BCUT2D eigenvalue weighted by Gasteiger charge is 2.11. The molecule has 1 amide bonds. The summed E-state index contributed by atoms with van der Waals surface area (Å²) in [6, 6.07) is 3.52. The number of hydrogen-bond donors (Lipinski definition) is 1. The highest BCUT2D eigenvalue weighted by molar-refractivity contribution is 9.10. The summed E-state index contributed by atoms with van der Waals surface area (Å²) in [5.74, 6) is 0.173. The predicted molar refractivity (Wildman–Crippen MR) is 53.6 cm³/mol. The van der Waals surface area contributed by atoms with Crippen molar-refractivity contribution in [3.63, 3.8) is 0 Å². The van der Waals surface area contributed by atoms with E-state index in [4.69, 9.17) is 4.42 Å². The van der Waals surface area contributed by atoms with E-state index in [1.165, 1.54) is 0 Å². The molecule has 0 saturated heterocycles. The smallest absolute Gasteiger partial charge is 0.287 e. The molecule has 0 aliphatic carbocycles. The van der Waals surface area contributed by atoms with E-state index in [1.54, 1.807) is 12.1 Å². The van der Waals surface area contributed by atoms with Gasteiger partial charge in [-0.1, -0.05) is 6.92 Å². The van der Waals surface area contributed by atoms with Crippen molar-refractivity contribution in [1.82, 2.24) is 5.32 Å². The molecule has 1 N–H and O–H groups in total. The molecule has 1 aromatic rings. The second-order valence-corrected chi connectivity index (χ2v) is 3.67. The van der Waals surface area contributed by atoms with Crippen LogP contribution in [0, 0.1) is 0 Å². The largest absolute Gasteiger partial charge is 0.444 e. The monoisotopic (exact) mass is 245 g/mol. The molecule has 0 aliphatic rings. The van der Waals surface area contributed by atoms with Crippen LogP contribution in [0.4, 0.5) is 0 Å². The molecule has 13 heavy (non-hydrogen) atoms. The molecule has 0 fully saturated rings. The van der Waals surface area contributed by atoms with E-state index < -0.39 is 0 Å². The quantitative estimate of drug-likeness (QED) is 0.890. The Morgan fingerprint density at radius 2 is 2.38 bits per heavy atom. The second kappa shape index (κ2) is 4.46. The number of amides is 1. The van der Waals surface area contributed by atoms with Crippen molar-refractivity contribution in [1.29, 1.82) is 0 Å². The fourth-order valence-electron chi connectivity index (χ4n) is 0.833. The Hall–Kier alpha value is -0.770. The molecular weight excluding hydrogens is 234 g/mol. The highest BCUT2D eigenvalue weighted by atomic mass is 79.9. The number of hydrogen-bond acceptors (Lipinski definition) is 2. The molecular formula is C9H12BrNO2. The summed E-state index contributed by atoms with van der Waals surface area (Å²) < 4.78 is 5.67. The first-order valence-electron chi connectivity index (χ1n) is 4.19. The van der Waals surface area contributed by atoms with Gasteiger partial charge in [0.2, 0.25) is 0 Å². The van der Waals surface area contributed by atoms with Gasteiger partial charge in [0.05, 0.1) is 0 Å². The molecule has 1 unspecified atom stereocenters. The van der Waals surface area contributed by atoms with Crippen molar-refractivity contribution in [2.45, 2.75) is 26.3 Å². The van der Waals surface area contributed by atoms with Crippen LogP contribution in [0.3, 0.4) is 0 Å². The lowest BCUT2D eigenvalue weighted by atomic mass is 10.2. The van der Waals surface area contributed by atoms with Gasteiger partial charge in [-0.15, -0.1) is 0 Å². The fraction of sp³-hybridized carbons (Fsp3) is 0.444. The number of carbonyl (C=O) groups excluding carboxylic acids is 1. The third-order valence-corrected chi connectivity index (χ3v) is 2.21. The number of rotatable bonds is 3. The summed E-state index contributed by atoms with van der Waals surface area (Å²) in [5.41, 5.74) is 0. The maximum atomic E-state index is 11.4. The van der Waals surface area contributed by atoms with Crippen molar-refractivity contribution in [2.24, 2.45) is 0 Å². The Morgan fingerprint density at radius 1 is 1.69 bits per heavy atom. The minimum atomic E-state index is -0.167. The van der Waals surface area contributed by atoms with Gasteiger partial charge in [-0.3, -0.25) is 4.79 Å². The SMILES string of the molecule is CCC(C)NC(=O)c1ccc(Br)o1. The van der Waals surface area contributed by atoms with Crippen LogP contribution in [-0.2, 0) is 0 Å². The minimum Gasteiger partial charge on any atom is -0.444 e. The van der Waals surface area contributed by atoms with Crippen molar-refractivity contribution >= 4 is 21.8 Å². The van der Waals surface area contributed by atoms with Gasteiger partial charge in [-0.25, -0.2) is 0 Å². The Labute approximate surface area is 85.6 Å². The van der Waals surface area contributed by atoms with Gasteiger partial charge in [0.15, 0.2) is 10.4 Å². The molecule has 1 rings (SSSR count). The summed E-state index contributed by atoms with van der Waals surface area (Å²) in [7, 11) is 0. The predicted octanol–water partition coefficient (Wildman–Crippen LogP) is 2.57. The summed E-state index contributed by atoms with van der Waals surface area (Å²) >= 11 is 3.14. The highest BCUT2D eigenvalue weighted by Crippen LogP contribution is 2.13. The van der Waals surface area contributed by atoms with E-state index in [9.17, 15) is 4.79 Å². The van der Waals surface area contributed by atoms with Gasteiger partial charge in [-0.2, -0.15) is 0 Å². The zero-order valence-electron chi connectivity index (χ0n) is 7.63. The van der Waals surface area contributed by atoms with Crippen molar-refractivity contribution in [3.05, 3.63) is 22.6 Å². The van der Waals surface area contributed by atoms with Crippen LogP contribution in [0.25, 0.3) is 0 Å². The molecule has 4 heteroatoms. The summed E-state index contributed by atoms with van der Waals surface area (Å²) in [6.07, 6.45) is 0.910. The molecule has 72 valence electrons. The lowest BCUT2D eigenvalue weighted by molar-refractivity contribution is 0.0910. The van der Waals surface area contributed by atoms with E-state index in [0.717, 1.165) is 6.42 Å². The van der Waals surface area contributed by atoms with E-state index in [1.807, 2.05) is 13.8 Å². The van der Waals surface area contributed by atoms with E-state index in [0.29, 0.717) is 10.4 Å². The van der Waals surface area contributed by atoms with Crippen LogP contribution < -0.4 is 5.32 Å². The Morgan fingerprint density at radius 3 is 2.85 bits per heavy atom. The zero-order valence-corrected chi connectivity index (χ0v) is 9.22. The molecule has 0 radical (unpaired) electrons. The van der Waals surface area contributed by atoms with Gasteiger partial charge in [0.1, 0.15) is 0 Å². The molecule has 0 spiro atoms. The van der Waals surface area contributed by atoms with E-state index in [-0.39, 0.29) is 11.9 Å². The lowest BCUT2D eigenvalue weighted by Gasteiger charge is -2.08. The van der Waals surface area contributed by atoms with Crippen LogP contribution in [-0.4, -0.2) is 11.9 Å². The van der Waals surface area contributed by atoms with Gasteiger partial charge in [0, 0.05) is 6.04 Å². The zero-order chi connectivity index (χ0) is 9.84. The van der Waals surface area contributed by atoms with Crippen LogP contribution in [0.1, 0.15) is 30.8 Å². The molecule has 0 bridgehead atoms. The summed E-state index contributed by atoms with van der Waals surface area (Å²) in [6.45, 7) is 3.97. The first-order chi connectivity index (χ1) is 6.13. The van der Waals surface area contributed by atoms with Gasteiger partial charge in [0.25, 0.3) is 5.91 Å². The number of carbonyl (C=O) groups is 1. The molecule has 1 heterocycles. The first-order valence-corrected chi connectivity index (χ1v) is 4.99. The number of furan rings is 1. The Kier molecular flexibility index (Phi) is 3.54. The maximum absolute atomic E-state index is 11.4. The standard InChI is InChI=1S/C9H12BrNO2/c1-3-6(2)11-9(12)7-4-5-8(10)13-7/h4-6H,3H2,1-2H3,(H,11,12). The summed E-state index contributed by atoms with van der Waals surface area (Å²) in [4.78, 5) is 11.4. The molecule has 1 aromatic heterocycles. The molecule has 0 aromatic carbocycles. The normalized spacial score (nSPS) is 12.5. The average molecular weight is 246 g/mol. The maximum Gasteiger partial charge on any atom is 0.287 e. The lowest BCUT2D eigenvalue weighted by Crippen LogP contribution is -2.31. The van der Waals surface area contributed by atoms with E-state index in [2.05, 4.69) is 21.2 Å².